The second-order valence-electron chi connectivity index (χ2n) is 5.15. The second-order valence-corrected chi connectivity index (χ2v) is 5.15. The van der Waals surface area contributed by atoms with E-state index in [1.807, 2.05) is 19.1 Å². The van der Waals surface area contributed by atoms with Crippen molar-refractivity contribution in [3.05, 3.63) is 23.3 Å². The summed E-state index contributed by atoms with van der Waals surface area (Å²) >= 11 is 0. The molecule has 1 saturated heterocycles. The zero-order chi connectivity index (χ0) is 14.0. The Morgan fingerprint density at radius 1 is 1.21 bits per heavy atom. The van der Waals surface area contributed by atoms with Gasteiger partial charge in [0, 0.05) is 0 Å². The highest BCUT2D eigenvalue weighted by molar-refractivity contribution is 5.48. The number of methoxy groups -OCH3 is 2. The van der Waals surface area contributed by atoms with Gasteiger partial charge in [0.15, 0.2) is 11.5 Å². The van der Waals surface area contributed by atoms with Crippen molar-refractivity contribution >= 4 is 0 Å². The molecule has 19 heavy (non-hydrogen) atoms. The number of aryl methyl sites for hydroxylation is 1. The predicted octanol–water partition coefficient (Wildman–Crippen LogP) is 2.58. The Balaban J connectivity index is 2.28. The van der Waals surface area contributed by atoms with Gasteiger partial charge in [-0.3, -0.25) is 0 Å². The number of ether oxygens (including phenoxy) is 3. The summed E-state index contributed by atoms with van der Waals surface area (Å²) in [7, 11) is 3.27. The maximum atomic E-state index is 6.36. The smallest absolute Gasteiger partial charge is 0.161 e. The second kappa shape index (κ2) is 5.80. The molecule has 1 aromatic rings. The van der Waals surface area contributed by atoms with E-state index in [9.17, 15) is 0 Å². The average molecular weight is 265 g/mol. The summed E-state index contributed by atoms with van der Waals surface area (Å²) in [4.78, 5) is 0. The van der Waals surface area contributed by atoms with E-state index < -0.39 is 0 Å². The number of nitrogens with two attached hydrogens (primary N) is 1. The standard InChI is InChI=1S/C15H23NO3/c1-9-7-13(17-3)14(18-4)8-11(9)15(16)12-6-5-10(2)19-12/h7-8,10,12,15H,5-6,16H2,1-4H3. The van der Waals surface area contributed by atoms with E-state index in [-0.39, 0.29) is 12.1 Å². The highest BCUT2D eigenvalue weighted by atomic mass is 16.5. The Hall–Kier alpha value is -1.26. The van der Waals surface area contributed by atoms with Crippen LogP contribution in [-0.2, 0) is 4.74 Å². The van der Waals surface area contributed by atoms with Gasteiger partial charge in [0.2, 0.25) is 0 Å². The number of hydrogen-bond acceptors (Lipinski definition) is 4. The third-order valence-corrected chi connectivity index (χ3v) is 3.80. The topological polar surface area (TPSA) is 53.7 Å². The van der Waals surface area contributed by atoms with Gasteiger partial charge in [0.05, 0.1) is 32.5 Å². The van der Waals surface area contributed by atoms with Crippen LogP contribution < -0.4 is 15.2 Å². The molecule has 1 fully saturated rings. The Morgan fingerprint density at radius 2 is 1.84 bits per heavy atom. The van der Waals surface area contributed by atoms with Crippen LogP contribution in [0.15, 0.2) is 12.1 Å². The molecule has 0 amide bonds. The van der Waals surface area contributed by atoms with Crippen molar-refractivity contribution in [1.29, 1.82) is 0 Å². The Morgan fingerprint density at radius 3 is 2.37 bits per heavy atom. The molecular formula is C15H23NO3. The summed E-state index contributed by atoms with van der Waals surface area (Å²) in [6.45, 7) is 4.13. The number of benzene rings is 1. The molecule has 0 bridgehead atoms. The van der Waals surface area contributed by atoms with Gasteiger partial charge in [0.1, 0.15) is 0 Å². The predicted molar refractivity (Wildman–Crippen MR) is 74.8 cm³/mol. The third-order valence-electron chi connectivity index (χ3n) is 3.80. The molecule has 4 nitrogen and oxygen atoms in total. The van der Waals surface area contributed by atoms with Gasteiger partial charge in [-0.15, -0.1) is 0 Å². The van der Waals surface area contributed by atoms with E-state index in [1.54, 1.807) is 14.2 Å². The van der Waals surface area contributed by atoms with E-state index in [4.69, 9.17) is 19.9 Å². The van der Waals surface area contributed by atoms with Gasteiger partial charge in [-0.05, 0) is 49.9 Å². The zero-order valence-corrected chi connectivity index (χ0v) is 12.1. The van der Waals surface area contributed by atoms with Crippen molar-refractivity contribution in [1.82, 2.24) is 0 Å². The Kier molecular flexibility index (Phi) is 4.32. The first-order valence-corrected chi connectivity index (χ1v) is 6.70. The van der Waals surface area contributed by atoms with Crippen LogP contribution in [0.4, 0.5) is 0 Å². The summed E-state index contributed by atoms with van der Waals surface area (Å²) in [5.74, 6) is 1.45. The number of hydrogen-bond donors (Lipinski definition) is 1. The lowest BCUT2D eigenvalue weighted by molar-refractivity contribution is 0.0399. The average Bonchev–Trinajstić information content (AvgIpc) is 2.84. The SMILES string of the molecule is COc1cc(C)c(C(N)C2CCC(C)O2)cc1OC. The third kappa shape index (κ3) is 2.85. The molecule has 4 heteroatoms. The van der Waals surface area contributed by atoms with Crippen LogP contribution in [0.5, 0.6) is 11.5 Å². The van der Waals surface area contributed by atoms with Gasteiger partial charge in [-0.2, -0.15) is 0 Å². The van der Waals surface area contributed by atoms with Gasteiger partial charge < -0.3 is 19.9 Å². The van der Waals surface area contributed by atoms with Crippen molar-refractivity contribution in [2.75, 3.05) is 14.2 Å². The van der Waals surface area contributed by atoms with Crippen LogP contribution in [0, 0.1) is 6.92 Å². The number of rotatable bonds is 4. The van der Waals surface area contributed by atoms with Crippen LogP contribution in [0.1, 0.15) is 36.9 Å². The molecule has 0 aromatic heterocycles. The summed E-state index contributed by atoms with van der Waals surface area (Å²) in [5.41, 5.74) is 8.53. The summed E-state index contributed by atoms with van der Waals surface area (Å²) in [6.07, 6.45) is 2.48. The molecule has 0 saturated carbocycles. The van der Waals surface area contributed by atoms with Crippen LogP contribution in [-0.4, -0.2) is 26.4 Å². The minimum Gasteiger partial charge on any atom is -0.493 e. The van der Waals surface area contributed by atoms with Crippen molar-refractivity contribution in [2.45, 2.75) is 44.9 Å². The maximum Gasteiger partial charge on any atom is 0.161 e. The minimum absolute atomic E-state index is 0.0896. The normalized spacial score (nSPS) is 24.3. The van der Waals surface area contributed by atoms with Crippen LogP contribution in [0.25, 0.3) is 0 Å². The van der Waals surface area contributed by atoms with Gasteiger partial charge in [-0.1, -0.05) is 0 Å². The van der Waals surface area contributed by atoms with Crippen LogP contribution in [0.2, 0.25) is 0 Å². The molecule has 2 rings (SSSR count). The summed E-state index contributed by atoms with van der Waals surface area (Å²) < 4.78 is 16.5. The first kappa shape index (κ1) is 14.2. The molecule has 1 aliphatic heterocycles. The molecule has 1 aliphatic rings. The van der Waals surface area contributed by atoms with E-state index in [1.165, 1.54) is 0 Å². The lowest BCUT2D eigenvalue weighted by Gasteiger charge is -2.23. The van der Waals surface area contributed by atoms with Crippen molar-refractivity contribution < 1.29 is 14.2 Å². The minimum atomic E-state index is -0.121. The van der Waals surface area contributed by atoms with E-state index in [0.29, 0.717) is 11.9 Å². The highest BCUT2D eigenvalue weighted by Crippen LogP contribution is 2.36. The lowest BCUT2D eigenvalue weighted by Crippen LogP contribution is -2.27. The maximum absolute atomic E-state index is 6.36. The molecule has 1 heterocycles. The first-order valence-electron chi connectivity index (χ1n) is 6.70. The highest BCUT2D eigenvalue weighted by Gasteiger charge is 2.29. The lowest BCUT2D eigenvalue weighted by atomic mass is 9.95. The van der Waals surface area contributed by atoms with Gasteiger partial charge >= 0.3 is 0 Å². The Bertz CT molecular complexity index is 447. The Labute approximate surface area is 114 Å². The van der Waals surface area contributed by atoms with Crippen molar-refractivity contribution in [2.24, 2.45) is 5.73 Å². The molecule has 1 aromatic carbocycles. The summed E-state index contributed by atoms with van der Waals surface area (Å²) in [5, 5.41) is 0. The van der Waals surface area contributed by atoms with Gasteiger partial charge in [-0.25, -0.2) is 0 Å². The monoisotopic (exact) mass is 265 g/mol. The van der Waals surface area contributed by atoms with Crippen molar-refractivity contribution in [3.63, 3.8) is 0 Å². The van der Waals surface area contributed by atoms with E-state index in [0.717, 1.165) is 29.7 Å². The quantitative estimate of drug-likeness (QED) is 0.909. The molecule has 0 radical (unpaired) electrons. The van der Waals surface area contributed by atoms with Crippen LogP contribution >= 0.6 is 0 Å². The zero-order valence-electron chi connectivity index (χ0n) is 12.1. The fourth-order valence-corrected chi connectivity index (χ4v) is 2.65. The van der Waals surface area contributed by atoms with Gasteiger partial charge in [0.25, 0.3) is 0 Å². The van der Waals surface area contributed by atoms with E-state index >= 15 is 0 Å². The summed E-state index contributed by atoms with van der Waals surface area (Å²) in [6, 6.07) is 3.81. The molecule has 3 atom stereocenters. The molecule has 0 spiro atoms. The van der Waals surface area contributed by atoms with E-state index in [2.05, 4.69) is 6.92 Å². The fraction of sp³-hybridized carbons (Fsp3) is 0.600. The fourth-order valence-electron chi connectivity index (χ4n) is 2.65. The first-order chi connectivity index (χ1) is 9.06. The molecule has 106 valence electrons. The molecule has 3 unspecified atom stereocenters. The molecule has 2 N–H and O–H groups in total. The molecule has 0 aliphatic carbocycles. The molecular weight excluding hydrogens is 242 g/mol. The largest absolute Gasteiger partial charge is 0.493 e. The van der Waals surface area contributed by atoms with Crippen molar-refractivity contribution in [3.8, 4) is 11.5 Å². The van der Waals surface area contributed by atoms with Crippen LogP contribution in [0.3, 0.4) is 0 Å².